The van der Waals surface area contributed by atoms with Crippen molar-refractivity contribution in [3.63, 3.8) is 0 Å². The molecule has 0 spiro atoms. The molecule has 0 radical (unpaired) electrons. The Morgan fingerprint density at radius 1 is 1.00 bits per heavy atom. The first kappa shape index (κ1) is 23.1. The summed E-state index contributed by atoms with van der Waals surface area (Å²) >= 11 is 0. The SMILES string of the molecule is Cc1cccc(C2/C(=C(/O)c3ccc(OCC(C)C)cc3)C(=O)C(=O)N2c2ccccc2O)c1. The number of amides is 1. The number of anilines is 1. The molecular formula is C28H27NO5. The Hall–Kier alpha value is -4.06. The third kappa shape index (κ3) is 4.39. The van der Waals surface area contributed by atoms with Crippen LogP contribution in [0.15, 0.2) is 78.4 Å². The molecule has 0 bridgehead atoms. The summed E-state index contributed by atoms with van der Waals surface area (Å²) < 4.78 is 5.70. The first-order valence-electron chi connectivity index (χ1n) is 11.2. The van der Waals surface area contributed by atoms with Crippen molar-refractivity contribution < 1.29 is 24.5 Å². The number of hydrogen-bond acceptors (Lipinski definition) is 5. The molecule has 4 rings (SSSR count). The molecule has 1 unspecified atom stereocenters. The molecular weight excluding hydrogens is 430 g/mol. The number of aliphatic hydroxyl groups excluding tert-OH is 1. The van der Waals surface area contributed by atoms with Crippen molar-refractivity contribution in [2.75, 3.05) is 11.5 Å². The average molecular weight is 458 g/mol. The van der Waals surface area contributed by atoms with Gasteiger partial charge in [-0.2, -0.15) is 0 Å². The topological polar surface area (TPSA) is 87.1 Å². The summed E-state index contributed by atoms with van der Waals surface area (Å²) in [5, 5.41) is 21.7. The fourth-order valence-corrected chi connectivity index (χ4v) is 4.03. The Labute approximate surface area is 198 Å². The quantitative estimate of drug-likeness (QED) is 0.296. The van der Waals surface area contributed by atoms with E-state index in [9.17, 15) is 19.8 Å². The van der Waals surface area contributed by atoms with E-state index in [4.69, 9.17) is 4.74 Å². The highest BCUT2D eigenvalue weighted by Gasteiger charge is 2.47. The second kappa shape index (κ2) is 9.43. The molecule has 2 N–H and O–H groups in total. The van der Waals surface area contributed by atoms with Crippen LogP contribution in [0.1, 0.15) is 36.6 Å². The van der Waals surface area contributed by atoms with Crippen molar-refractivity contribution in [1.82, 2.24) is 0 Å². The van der Waals surface area contributed by atoms with Gasteiger partial charge in [-0.15, -0.1) is 0 Å². The Morgan fingerprint density at radius 2 is 1.71 bits per heavy atom. The highest BCUT2D eigenvalue weighted by Crippen LogP contribution is 2.44. The lowest BCUT2D eigenvalue weighted by molar-refractivity contribution is -0.132. The molecule has 1 aliphatic rings. The van der Waals surface area contributed by atoms with Crippen LogP contribution in [0.5, 0.6) is 11.5 Å². The molecule has 1 heterocycles. The number of nitrogens with zero attached hydrogens (tertiary/aromatic N) is 1. The number of phenolic OH excluding ortho intramolecular Hbond substituents is 1. The molecule has 0 aromatic heterocycles. The van der Waals surface area contributed by atoms with Gasteiger partial charge < -0.3 is 14.9 Å². The highest BCUT2D eigenvalue weighted by molar-refractivity contribution is 6.51. The van der Waals surface area contributed by atoms with Crippen molar-refractivity contribution in [2.24, 2.45) is 5.92 Å². The van der Waals surface area contributed by atoms with Gasteiger partial charge in [0.1, 0.15) is 17.3 Å². The van der Waals surface area contributed by atoms with Crippen molar-refractivity contribution in [3.8, 4) is 11.5 Å². The van der Waals surface area contributed by atoms with Gasteiger partial charge in [0.25, 0.3) is 11.7 Å². The van der Waals surface area contributed by atoms with Crippen molar-refractivity contribution >= 4 is 23.1 Å². The standard InChI is InChI=1S/C28H27NO5/c1-17(2)16-34-21-13-11-19(12-14-21)26(31)24-25(20-8-6-7-18(3)15-20)29(28(33)27(24)32)22-9-4-5-10-23(22)30/h4-15,17,25,30-31H,16H2,1-3H3/b26-24-. The zero-order valence-electron chi connectivity index (χ0n) is 19.4. The van der Waals surface area contributed by atoms with Gasteiger partial charge in [0.2, 0.25) is 0 Å². The number of para-hydroxylation sites is 2. The van der Waals surface area contributed by atoms with Crippen LogP contribution in [0, 0.1) is 12.8 Å². The summed E-state index contributed by atoms with van der Waals surface area (Å²) in [6.45, 7) is 6.57. The third-order valence-electron chi connectivity index (χ3n) is 5.65. The zero-order valence-corrected chi connectivity index (χ0v) is 19.4. The lowest BCUT2D eigenvalue weighted by Gasteiger charge is -2.26. The molecule has 3 aromatic carbocycles. The molecule has 1 amide bonds. The number of benzene rings is 3. The van der Waals surface area contributed by atoms with Crippen LogP contribution in [-0.2, 0) is 9.59 Å². The van der Waals surface area contributed by atoms with E-state index in [1.807, 2.05) is 25.1 Å². The summed E-state index contributed by atoms with van der Waals surface area (Å²) in [5.41, 5.74) is 2.15. The largest absolute Gasteiger partial charge is 0.507 e. The second-order valence-electron chi connectivity index (χ2n) is 8.80. The van der Waals surface area contributed by atoms with E-state index in [-0.39, 0.29) is 22.8 Å². The number of rotatable bonds is 6. The van der Waals surface area contributed by atoms with E-state index in [1.165, 1.54) is 11.0 Å². The number of Topliss-reactive ketones (excluding diaryl/α,β-unsaturated/α-hetero) is 1. The van der Waals surface area contributed by atoms with E-state index in [0.717, 1.165) is 5.56 Å². The van der Waals surface area contributed by atoms with Gasteiger partial charge in [-0.05, 0) is 54.8 Å². The van der Waals surface area contributed by atoms with Gasteiger partial charge in [0.05, 0.1) is 23.9 Å². The van der Waals surface area contributed by atoms with Gasteiger partial charge in [0.15, 0.2) is 0 Å². The molecule has 3 aromatic rings. The number of aryl methyl sites for hydroxylation is 1. The van der Waals surface area contributed by atoms with E-state index in [1.54, 1.807) is 48.5 Å². The van der Waals surface area contributed by atoms with Crippen molar-refractivity contribution in [3.05, 3.63) is 95.1 Å². The number of hydrogen-bond donors (Lipinski definition) is 2. The normalized spacial score (nSPS) is 17.4. The van der Waals surface area contributed by atoms with Crippen LogP contribution in [0.2, 0.25) is 0 Å². The Bertz CT molecular complexity index is 1260. The maximum Gasteiger partial charge on any atom is 0.300 e. The molecule has 1 fully saturated rings. The molecule has 1 atom stereocenters. The summed E-state index contributed by atoms with van der Waals surface area (Å²) in [6, 6.07) is 19.6. The highest BCUT2D eigenvalue weighted by atomic mass is 16.5. The number of phenols is 1. The number of carbonyl (C=O) groups is 2. The lowest BCUT2D eigenvalue weighted by atomic mass is 9.94. The number of aromatic hydroxyl groups is 1. The van der Waals surface area contributed by atoms with E-state index in [0.29, 0.717) is 29.4 Å². The predicted octanol–water partition coefficient (Wildman–Crippen LogP) is 5.36. The maximum absolute atomic E-state index is 13.2. The minimum Gasteiger partial charge on any atom is -0.507 e. The van der Waals surface area contributed by atoms with E-state index >= 15 is 0 Å². The third-order valence-corrected chi connectivity index (χ3v) is 5.65. The monoisotopic (exact) mass is 457 g/mol. The molecule has 0 aliphatic carbocycles. The summed E-state index contributed by atoms with van der Waals surface area (Å²) in [6.07, 6.45) is 0. The number of ketones is 1. The molecule has 1 saturated heterocycles. The molecule has 34 heavy (non-hydrogen) atoms. The van der Waals surface area contributed by atoms with Gasteiger partial charge in [-0.3, -0.25) is 14.5 Å². The molecule has 6 nitrogen and oxygen atoms in total. The van der Waals surface area contributed by atoms with Gasteiger partial charge in [-0.25, -0.2) is 0 Å². The van der Waals surface area contributed by atoms with Crippen LogP contribution >= 0.6 is 0 Å². The van der Waals surface area contributed by atoms with Crippen LogP contribution in [0.3, 0.4) is 0 Å². The van der Waals surface area contributed by atoms with Gasteiger partial charge >= 0.3 is 0 Å². The fraction of sp³-hybridized carbons (Fsp3) is 0.214. The number of ether oxygens (including phenoxy) is 1. The molecule has 0 saturated carbocycles. The lowest BCUT2D eigenvalue weighted by Crippen LogP contribution is -2.29. The zero-order chi connectivity index (χ0) is 24.4. The number of carbonyl (C=O) groups excluding carboxylic acids is 2. The maximum atomic E-state index is 13.2. The van der Waals surface area contributed by atoms with Crippen LogP contribution in [-0.4, -0.2) is 28.5 Å². The minimum absolute atomic E-state index is 0.0327. The number of aliphatic hydroxyl groups is 1. The molecule has 1 aliphatic heterocycles. The van der Waals surface area contributed by atoms with Crippen molar-refractivity contribution in [2.45, 2.75) is 26.8 Å². The first-order valence-corrected chi connectivity index (χ1v) is 11.2. The minimum atomic E-state index is -0.898. The molecule has 6 heteroatoms. The summed E-state index contributed by atoms with van der Waals surface area (Å²) in [5.74, 6) is -1.02. The Morgan fingerprint density at radius 3 is 2.35 bits per heavy atom. The van der Waals surface area contributed by atoms with Crippen molar-refractivity contribution in [1.29, 1.82) is 0 Å². The van der Waals surface area contributed by atoms with E-state index < -0.39 is 17.7 Å². The predicted molar refractivity (Wildman–Crippen MR) is 131 cm³/mol. The van der Waals surface area contributed by atoms with Crippen LogP contribution in [0.25, 0.3) is 5.76 Å². The van der Waals surface area contributed by atoms with E-state index in [2.05, 4.69) is 13.8 Å². The average Bonchev–Trinajstić information content (AvgIpc) is 3.08. The fourth-order valence-electron chi connectivity index (χ4n) is 4.03. The summed E-state index contributed by atoms with van der Waals surface area (Å²) in [4.78, 5) is 27.6. The Balaban J connectivity index is 1.84. The van der Waals surface area contributed by atoms with Gasteiger partial charge in [0, 0.05) is 5.56 Å². The van der Waals surface area contributed by atoms with Gasteiger partial charge in [-0.1, -0.05) is 55.8 Å². The smallest absolute Gasteiger partial charge is 0.300 e. The molecule has 174 valence electrons. The Kier molecular flexibility index (Phi) is 6.41. The first-order chi connectivity index (χ1) is 16.3. The van der Waals surface area contributed by atoms with Crippen LogP contribution in [0.4, 0.5) is 5.69 Å². The second-order valence-corrected chi connectivity index (χ2v) is 8.80. The van der Waals surface area contributed by atoms with Crippen LogP contribution < -0.4 is 9.64 Å². The summed E-state index contributed by atoms with van der Waals surface area (Å²) in [7, 11) is 0.